The highest BCUT2D eigenvalue weighted by molar-refractivity contribution is 7.91. The Kier molecular flexibility index (Phi) is 1.92. The topological polar surface area (TPSA) is 34.1 Å². The third kappa shape index (κ3) is 1.37. The molecule has 0 N–H and O–H groups in total. The summed E-state index contributed by atoms with van der Waals surface area (Å²) in [5, 5.41) is 0. The van der Waals surface area contributed by atoms with Gasteiger partial charge in [0.2, 0.25) is 0 Å². The number of halogens is 1. The first-order valence-corrected chi connectivity index (χ1v) is 6.70. The highest BCUT2D eigenvalue weighted by Gasteiger charge is 2.56. The number of alkyl halides is 1. The van der Waals surface area contributed by atoms with Crippen LogP contribution in [-0.4, -0.2) is 25.8 Å². The molecule has 1 spiro atoms. The van der Waals surface area contributed by atoms with Gasteiger partial charge in [-0.1, -0.05) is 0 Å². The zero-order valence-corrected chi connectivity index (χ0v) is 8.50. The lowest BCUT2D eigenvalue weighted by atomic mass is 10.0. The lowest BCUT2D eigenvalue weighted by Gasteiger charge is -2.22. The molecular weight excluding hydrogens is 196 g/mol. The minimum absolute atomic E-state index is 0.110. The van der Waals surface area contributed by atoms with Crippen molar-refractivity contribution >= 4 is 21.4 Å². The molecule has 1 aliphatic carbocycles. The normalized spacial score (nSPS) is 44.6. The first-order chi connectivity index (χ1) is 5.58. The standard InChI is InChI=1S/C8H13ClO2S/c9-5-7-4-8(7)2-1-3-12(10,11)6-8/h7H,1-6H2. The summed E-state index contributed by atoms with van der Waals surface area (Å²) < 4.78 is 22.6. The third-order valence-electron chi connectivity index (χ3n) is 3.18. The number of hydrogen-bond donors (Lipinski definition) is 0. The van der Waals surface area contributed by atoms with Crippen LogP contribution in [0.4, 0.5) is 0 Å². The summed E-state index contributed by atoms with van der Waals surface area (Å²) in [5.74, 6) is 1.91. The molecule has 2 atom stereocenters. The maximum atomic E-state index is 11.3. The summed E-state index contributed by atoms with van der Waals surface area (Å²) >= 11 is 5.72. The Labute approximate surface area is 78.2 Å². The molecule has 12 heavy (non-hydrogen) atoms. The molecule has 4 heteroatoms. The molecule has 1 aliphatic heterocycles. The van der Waals surface area contributed by atoms with Gasteiger partial charge in [-0.2, -0.15) is 0 Å². The molecular formula is C8H13ClO2S. The first kappa shape index (κ1) is 8.82. The zero-order chi connectivity index (χ0) is 8.82. The molecule has 0 amide bonds. The monoisotopic (exact) mass is 208 g/mol. The number of rotatable bonds is 1. The predicted octanol–water partition coefficient (Wildman–Crippen LogP) is 1.44. The summed E-state index contributed by atoms with van der Waals surface area (Å²) in [6.07, 6.45) is 2.95. The van der Waals surface area contributed by atoms with Crippen LogP contribution < -0.4 is 0 Å². The maximum absolute atomic E-state index is 11.3. The Balaban J connectivity index is 2.11. The van der Waals surface area contributed by atoms with Crippen LogP contribution in [0.25, 0.3) is 0 Å². The van der Waals surface area contributed by atoms with Gasteiger partial charge in [-0.25, -0.2) is 8.42 Å². The summed E-state index contributed by atoms with van der Waals surface area (Å²) in [6, 6.07) is 0. The van der Waals surface area contributed by atoms with Gasteiger partial charge in [0, 0.05) is 5.88 Å². The molecule has 0 bridgehead atoms. The quantitative estimate of drug-likeness (QED) is 0.612. The Hall–Kier alpha value is 0.240. The average molecular weight is 209 g/mol. The second-order valence-corrected chi connectivity index (χ2v) is 6.61. The highest BCUT2D eigenvalue weighted by atomic mass is 35.5. The Morgan fingerprint density at radius 1 is 1.50 bits per heavy atom. The fourth-order valence-electron chi connectivity index (χ4n) is 2.36. The molecule has 70 valence electrons. The summed E-state index contributed by atoms with van der Waals surface area (Å²) in [7, 11) is -2.73. The van der Waals surface area contributed by atoms with Crippen molar-refractivity contribution in [2.45, 2.75) is 19.3 Å². The SMILES string of the molecule is O=S1(=O)CCCC2(CC2CCl)C1. The number of hydrogen-bond acceptors (Lipinski definition) is 2. The van der Waals surface area contributed by atoms with Crippen LogP contribution >= 0.6 is 11.6 Å². The highest BCUT2D eigenvalue weighted by Crippen LogP contribution is 2.58. The molecule has 1 heterocycles. The van der Waals surface area contributed by atoms with Crippen molar-refractivity contribution in [3.63, 3.8) is 0 Å². The average Bonchev–Trinajstić information content (AvgIpc) is 2.60. The second kappa shape index (κ2) is 2.61. The van der Waals surface area contributed by atoms with Crippen molar-refractivity contribution in [3.8, 4) is 0 Å². The third-order valence-corrected chi connectivity index (χ3v) is 5.48. The van der Waals surface area contributed by atoms with Gasteiger partial charge in [-0.05, 0) is 30.6 Å². The smallest absolute Gasteiger partial charge is 0.150 e. The molecule has 0 radical (unpaired) electrons. The van der Waals surface area contributed by atoms with Crippen LogP contribution in [0.15, 0.2) is 0 Å². The fourth-order valence-corrected chi connectivity index (χ4v) is 4.90. The first-order valence-electron chi connectivity index (χ1n) is 4.34. The van der Waals surface area contributed by atoms with Gasteiger partial charge in [0.25, 0.3) is 0 Å². The molecule has 1 saturated carbocycles. The minimum atomic E-state index is -2.73. The van der Waals surface area contributed by atoms with E-state index in [0.29, 0.717) is 23.3 Å². The zero-order valence-electron chi connectivity index (χ0n) is 6.92. The summed E-state index contributed by atoms with van der Waals surface area (Å²) in [4.78, 5) is 0. The second-order valence-electron chi connectivity index (χ2n) is 4.11. The van der Waals surface area contributed by atoms with Gasteiger partial charge in [0.15, 0.2) is 9.84 Å². The van der Waals surface area contributed by atoms with Gasteiger partial charge in [-0.3, -0.25) is 0 Å². The lowest BCUT2D eigenvalue weighted by molar-refractivity contribution is 0.442. The van der Waals surface area contributed by atoms with Crippen LogP contribution in [0.2, 0.25) is 0 Å². The van der Waals surface area contributed by atoms with Gasteiger partial charge in [-0.15, -0.1) is 11.6 Å². The van der Waals surface area contributed by atoms with Crippen LogP contribution in [0.1, 0.15) is 19.3 Å². The van der Waals surface area contributed by atoms with E-state index < -0.39 is 9.84 Å². The van der Waals surface area contributed by atoms with Crippen LogP contribution in [0, 0.1) is 11.3 Å². The van der Waals surface area contributed by atoms with Crippen molar-refractivity contribution in [1.29, 1.82) is 0 Å². The molecule has 2 rings (SSSR count). The van der Waals surface area contributed by atoms with Crippen LogP contribution in [0.3, 0.4) is 0 Å². The Morgan fingerprint density at radius 2 is 2.25 bits per heavy atom. The molecule has 2 aliphatic rings. The largest absolute Gasteiger partial charge is 0.229 e. The van der Waals surface area contributed by atoms with Crippen molar-refractivity contribution < 1.29 is 8.42 Å². The van der Waals surface area contributed by atoms with Crippen molar-refractivity contribution in [2.24, 2.45) is 11.3 Å². The van der Waals surface area contributed by atoms with Crippen molar-refractivity contribution in [2.75, 3.05) is 17.4 Å². The molecule has 1 saturated heterocycles. The predicted molar refractivity (Wildman–Crippen MR) is 49.1 cm³/mol. The van der Waals surface area contributed by atoms with Gasteiger partial charge < -0.3 is 0 Å². The number of sulfone groups is 1. The van der Waals surface area contributed by atoms with E-state index in [1.165, 1.54) is 0 Å². The van der Waals surface area contributed by atoms with Gasteiger partial charge in [0.05, 0.1) is 11.5 Å². The molecule has 0 aromatic heterocycles. The van der Waals surface area contributed by atoms with Crippen LogP contribution in [-0.2, 0) is 9.84 Å². The van der Waals surface area contributed by atoms with E-state index in [1.807, 2.05) is 0 Å². The van der Waals surface area contributed by atoms with E-state index >= 15 is 0 Å². The Bertz CT molecular complexity index is 285. The molecule has 2 fully saturated rings. The van der Waals surface area contributed by atoms with E-state index in [0.717, 1.165) is 19.3 Å². The fraction of sp³-hybridized carbons (Fsp3) is 1.00. The van der Waals surface area contributed by atoms with E-state index in [9.17, 15) is 8.42 Å². The van der Waals surface area contributed by atoms with E-state index in [2.05, 4.69) is 0 Å². The molecule has 2 unspecified atom stereocenters. The molecule has 2 nitrogen and oxygen atoms in total. The minimum Gasteiger partial charge on any atom is -0.229 e. The lowest BCUT2D eigenvalue weighted by Crippen LogP contribution is -2.27. The summed E-state index contributed by atoms with van der Waals surface area (Å²) in [6.45, 7) is 0. The molecule has 0 aromatic carbocycles. The van der Waals surface area contributed by atoms with Gasteiger partial charge in [0.1, 0.15) is 0 Å². The maximum Gasteiger partial charge on any atom is 0.150 e. The summed E-state index contributed by atoms with van der Waals surface area (Å²) in [5.41, 5.74) is 0.110. The van der Waals surface area contributed by atoms with E-state index in [1.54, 1.807) is 0 Å². The van der Waals surface area contributed by atoms with E-state index in [4.69, 9.17) is 11.6 Å². The van der Waals surface area contributed by atoms with Gasteiger partial charge >= 0.3 is 0 Å². The molecule has 0 aromatic rings. The van der Waals surface area contributed by atoms with Crippen molar-refractivity contribution in [3.05, 3.63) is 0 Å². The van der Waals surface area contributed by atoms with Crippen LogP contribution in [0.5, 0.6) is 0 Å². The van der Waals surface area contributed by atoms with Crippen molar-refractivity contribution in [1.82, 2.24) is 0 Å². The Morgan fingerprint density at radius 3 is 2.75 bits per heavy atom. The van der Waals surface area contributed by atoms with E-state index in [-0.39, 0.29) is 5.41 Å².